The van der Waals surface area contributed by atoms with Crippen LogP contribution in [-0.2, 0) is 5.75 Å². The Morgan fingerprint density at radius 1 is 1.11 bits per heavy atom. The number of hydrogen-bond donors (Lipinski definition) is 0. The molecule has 0 atom stereocenters. The SMILES string of the molecule is Cc1cccc(CSc2ncc(Cl)c(C(=O)Oc3ccc(Cl)cc3Cl)n2)c1. The molecule has 0 aliphatic carbocycles. The first-order valence-electron chi connectivity index (χ1n) is 7.80. The first-order chi connectivity index (χ1) is 12.9. The van der Waals surface area contributed by atoms with E-state index >= 15 is 0 Å². The predicted molar refractivity (Wildman–Crippen MR) is 109 cm³/mol. The molecule has 0 saturated heterocycles. The van der Waals surface area contributed by atoms with Crippen LogP contribution in [0.3, 0.4) is 0 Å². The second kappa shape index (κ2) is 8.93. The fourth-order valence-electron chi connectivity index (χ4n) is 2.22. The van der Waals surface area contributed by atoms with Crippen molar-refractivity contribution in [2.75, 3.05) is 0 Å². The summed E-state index contributed by atoms with van der Waals surface area (Å²) in [4.78, 5) is 20.8. The largest absolute Gasteiger partial charge is 0.420 e. The molecule has 3 aromatic rings. The number of benzene rings is 2. The molecule has 0 radical (unpaired) electrons. The third-order valence-electron chi connectivity index (χ3n) is 3.46. The lowest BCUT2D eigenvalue weighted by Crippen LogP contribution is -2.12. The van der Waals surface area contributed by atoms with Crippen LogP contribution in [0.1, 0.15) is 21.6 Å². The Hall–Kier alpha value is -1.79. The summed E-state index contributed by atoms with van der Waals surface area (Å²) in [5, 5.41) is 1.19. The van der Waals surface area contributed by atoms with Crippen LogP contribution in [0.25, 0.3) is 0 Å². The monoisotopic (exact) mass is 438 g/mol. The van der Waals surface area contributed by atoms with Gasteiger partial charge in [-0.2, -0.15) is 0 Å². The molecule has 0 aliphatic heterocycles. The van der Waals surface area contributed by atoms with E-state index in [0.717, 1.165) is 5.56 Å². The van der Waals surface area contributed by atoms with Crippen molar-refractivity contribution in [1.82, 2.24) is 9.97 Å². The van der Waals surface area contributed by atoms with Crippen molar-refractivity contribution in [3.8, 4) is 5.75 Å². The fourth-order valence-corrected chi connectivity index (χ4v) is 3.59. The molecule has 27 heavy (non-hydrogen) atoms. The van der Waals surface area contributed by atoms with E-state index in [4.69, 9.17) is 39.5 Å². The number of rotatable bonds is 5. The molecule has 0 amide bonds. The van der Waals surface area contributed by atoms with E-state index in [2.05, 4.69) is 16.0 Å². The smallest absolute Gasteiger partial charge is 0.364 e. The van der Waals surface area contributed by atoms with Gasteiger partial charge in [0.25, 0.3) is 0 Å². The maximum absolute atomic E-state index is 12.4. The molecule has 0 N–H and O–H groups in total. The van der Waals surface area contributed by atoms with E-state index in [1.165, 1.54) is 35.7 Å². The van der Waals surface area contributed by atoms with Crippen LogP contribution in [-0.4, -0.2) is 15.9 Å². The molecule has 1 heterocycles. The van der Waals surface area contributed by atoms with Gasteiger partial charge in [-0.3, -0.25) is 0 Å². The Balaban J connectivity index is 1.75. The highest BCUT2D eigenvalue weighted by atomic mass is 35.5. The van der Waals surface area contributed by atoms with Gasteiger partial charge >= 0.3 is 5.97 Å². The van der Waals surface area contributed by atoms with Crippen molar-refractivity contribution in [2.24, 2.45) is 0 Å². The molecule has 4 nitrogen and oxygen atoms in total. The maximum atomic E-state index is 12.4. The number of hydrogen-bond acceptors (Lipinski definition) is 5. The average Bonchev–Trinajstić information content (AvgIpc) is 2.63. The minimum absolute atomic E-state index is 0.0237. The van der Waals surface area contributed by atoms with E-state index in [9.17, 15) is 4.79 Å². The Morgan fingerprint density at radius 3 is 2.67 bits per heavy atom. The topological polar surface area (TPSA) is 52.1 Å². The molecule has 0 unspecified atom stereocenters. The highest BCUT2D eigenvalue weighted by Gasteiger charge is 2.18. The van der Waals surface area contributed by atoms with Gasteiger partial charge in [0.15, 0.2) is 10.9 Å². The fraction of sp³-hybridized carbons (Fsp3) is 0.105. The van der Waals surface area contributed by atoms with Gasteiger partial charge in [-0.25, -0.2) is 14.8 Å². The first kappa shape index (κ1) is 20.0. The Bertz CT molecular complexity index is 998. The van der Waals surface area contributed by atoms with Gasteiger partial charge in [0.2, 0.25) is 0 Å². The third-order valence-corrected chi connectivity index (χ3v) is 5.20. The van der Waals surface area contributed by atoms with Crippen molar-refractivity contribution >= 4 is 52.5 Å². The molecular weight excluding hydrogens is 427 g/mol. The normalized spacial score (nSPS) is 10.7. The lowest BCUT2D eigenvalue weighted by atomic mass is 10.2. The number of nitrogens with zero attached hydrogens (tertiary/aromatic N) is 2. The Kier molecular flexibility index (Phi) is 6.60. The molecule has 3 rings (SSSR count). The van der Waals surface area contributed by atoms with Crippen LogP contribution in [0.15, 0.2) is 53.8 Å². The van der Waals surface area contributed by atoms with Crippen molar-refractivity contribution in [3.05, 3.63) is 80.6 Å². The van der Waals surface area contributed by atoms with E-state index in [-0.39, 0.29) is 21.5 Å². The van der Waals surface area contributed by atoms with Gasteiger partial charge in [0.05, 0.1) is 16.2 Å². The molecule has 8 heteroatoms. The zero-order valence-corrected chi connectivity index (χ0v) is 17.2. The van der Waals surface area contributed by atoms with E-state index in [1.54, 1.807) is 6.07 Å². The number of halogens is 3. The highest BCUT2D eigenvalue weighted by molar-refractivity contribution is 7.98. The van der Waals surface area contributed by atoms with Gasteiger partial charge in [-0.05, 0) is 30.7 Å². The number of carbonyl (C=O) groups excluding carboxylic acids is 1. The summed E-state index contributed by atoms with van der Waals surface area (Å²) in [6, 6.07) is 12.7. The van der Waals surface area contributed by atoms with E-state index in [1.807, 2.05) is 25.1 Å². The van der Waals surface area contributed by atoms with Crippen LogP contribution in [0.5, 0.6) is 5.75 Å². The van der Waals surface area contributed by atoms with Crippen molar-refractivity contribution in [2.45, 2.75) is 17.8 Å². The number of carbonyl (C=O) groups is 1. The minimum atomic E-state index is -0.718. The van der Waals surface area contributed by atoms with Gasteiger partial charge in [0.1, 0.15) is 5.75 Å². The first-order valence-corrected chi connectivity index (χ1v) is 9.92. The highest BCUT2D eigenvalue weighted by Crippen LogP contribution is 2.29. The lowest BCUT2D eigenvalue weighted by Gasteiger charge is -2.08. The number of thioether (sulfide) groups is 1. The second-order valence-corrected chi connectivity index (χ2v) is 7.78. The van der Waals surface area contributed by atoms with Gasteiger partial charge in [-0.15, -0.1) is 0 Å². The Morgan fingerprint density at radius 2 is 1.93 bits per heavy atom. The van der Waals surface area contributed by atoms with Crippen molar-refractivity contribution < 1.29 is 9.53 Å². The predicted octanol–water partition coefficient (Wildman–Crippen LogP) is 6.26. The number of aromatic nitrogens is 2. The molecule has 0 saturated carbocycles. The summed E-state index contributed by atoms with van der Waals surface area (Å²) < 4.78 is 5.29. The maximum Gasteiger partial charge on any atom is 0.364 e. The summed E-state index contributed by atoms with van der Waals surface area (Å²) in [6.07, 6.45) is 1.38. The summed E-state index contributed by atoms with van der Waals surface area (Å²) in [5.41, 5.74) is 2.29. The average molecular weight is 440 g/mol. The number of esters is 1. The molecule has 0 fully saturated rings. The van der Waals surface area contributed by atoms with Gasteiger partial charge in [-0.1, -0.05) is 76.4 Å². The molecule has 2 aromatic carbocycles. The van der Waals surface area contributed by atoms with Crippen LogP contribution >= 0.6 is 46.6 Å². The zero-order valence-electron chi connectivity index (χ0n) is 14.1. The van der Waals surface area contributed by atoms with Crippen LogP contribution in [0.4, 0.5) is 0 Å². The lowest BCUT2D eigenvalue weighted by molar-refractivity contribution is 0.0727. The number of aryl methyl sites for hydroxylation is 1. The van der Waals surface area contributed by atoms with E-state index in [0.29, 0.717) is 15.9 Å². The molecular formula is C19H13Cl3N2O2S. The van der Waals surface area contributed by atoms with Crippen LogP contribution in [0.2, 0.25) is 15.1 Å². The zero-order chi connectivity index (χ0) is 19.4. The van der Waals surface area contributed by atoms with Crippen LogP contribution < -0.4 is 4.74 Å². The standard InChI is InChI=1S/C19H13Cl3N2O2S/c1-11-3-2-4-12(7-11)10-27-19-23-9-15(22)17(24-19)18(25)26-16-6-5-13(20)8-14(16)21/h2-9H,10H2,1H3. The molecule has 0 bridgehead atoms. The van der Waals surface area contributed by atoms with Gasteiger partial charge < -0.3 is 4.74 Å². The van der Waals surface area contributed by atoms with Crippen LogP contribution in [0, 0.1) is 6.92 Å². The van der Waals surface area contributed by atoms with Gasteiger partial charge in [0, 0.05) is 10.8 Å². The summed E-state index contributed by atoms with van der Waals surface area (Å²) in [7, 11) is 0. The molecule has 138 valence electrons. The van der Waals surface area contributed by atoms with E-state index < -0.39 is 5.97 Å². The second-order valence-electron chi connectivity index (χ2n) is 5.59. The summed E-state index contributed by atoms with van der Waals surface area (Å²) >= 11 is 19.3. The summed E-state index contributed by atoms with van der Waals surface area (Å²) in [5.74, 6) is 0.125. The quantitative estimate of drug-likeness (QED) is 0.203. The van der Waals surface area contributed by atoms with Crippen molar-refractivity contribution in [1.29, 1.82) is 0 Å². The third kappa shape index (κ3) is 5.36. The minimum Gasteiger partial charge on any atom is -0.420 e. The molecule has 0 spiro atoms. The summed E-state index contributed by atoms with van der Waals surface area (Å²) in [6.45, 7) is 2.03. The van der Waals surface area contributed by atoms with Crippen molar-refractivity contribution in [3.63, 3.8) is 0 Å². The number of ether oxygens (including phenoxy) is 1. The molecule has 1 aromatic heterocycles. The molecule has 0 aliphatic rings. The Labute approximate surface area is 175 Å².